The minimum Gasteiger partial charge on any atom is -0.493 e. The molecule has 2 aromatic carbocycles. The molecule has 0 spiro atoms. The van der Waals surface area contributed by atoms with Crippen LogP contribution in [0, 0.1) is 0 Å². The molecule has 13 heteroatoms. The van der Waals surface area contributed by atoms with Gasteiger partial charge in [0, 0.05) is 48.5 Å². The lowest BCUT2D eigenvalue weighted by Crippen LogP contribution is -2.60. The van der Waals surface area contributed by atoms with Crippen molar-refractivity contribution in [2.24, 2.45) is 0 Å². The molecule has 3 aromatic rings. The van der Waals surface area contributed by atoms with Crippen LogP contribution in [-0.4, -0.2) is 74.7 Å². The van der Waals surface area contributed by atoms with Gasteiger partial charge in [-0.1, -0.05) is 12.1 Å². The third-order valence-electron chi connectivity index (χ3n) is 8.88. The molecule has 0 radical (unpaired) electrons. The number of pyridine rings is 1. The number of hydrogen-bond acceptors (Lipinski definition) is 6. The summed E-state index contributed by atoms with van der Waals surface area (Å²) in [6.45, 7) is 2.05. The number of esters is 1. The molecular weight excluding hydrogens is 604 g/mol. The van der Waals surface area contributed by atoms with E-state index in [0.29, 0.717) is 16.6 Å². The Morgan fingerprint density at radius 3 is 2.31 bits per heavy atom. The van der Waals surface area contributed by atoms with Gasteiger partial charge in [-0.05, 0) is 37.5 Å². The van der Waals surface area contributed by atoms with Crippen LogP contribution >= 0.6 is 0 Å². The fourth-order valence-corrected chi connectivity index (χ4v) is 6.78. The van der Waals surface area contributed by atoms with Crippen molar-refractivity contribution in [2.75, 3.05) is 47.0 Å². The molecular formula is C32H36F6N3O4+. The van der Waals surface area contributed by atoms with Crippen LogP contribution < -0.4 is 14.8 Å². The van der Waals surface area contributed by atoms with Crippen molar-refractivity contribution in [2.45, 2.75) is 57.0 Å². The second-order valence-electron chi connectivity index (χ2n) is 11.7. The topological polar surface area (TPSA) is 69.7 Å². The summed E-state index contributed by atoms with van der Waals surface area (Å²) in [6, 6.07) is 7.55. The maximum Gasteiger partial charge on any atom is 0.422 e. The smallest absolute Gasteiger partial charge is 0.422 e. The predicted molar refractivity (Wildman–Crippen MR) is 155 cm³/mol. The molecule has 0 unspecified atom stereocenters. The molecule has 1 aromatic heterocycles. The number of nitrogens with one attached hydrogen (secondary N) is 1. The van der Waals surface area contributed by atoms with Gasteiger partial charge in [0.05, 0.1) is 55.7 Å². The highest BCUT2D eigenvalue weighted by molar-refractivity contribution is 6.07. The van der Waals surface area contributed by atoms with Crippen molar-refractivity contribution < 1.29 is 49.8 Å². The van der Waals surface area contributed by atoms with Gasteiger partial charge in [0.25, 0.3) is 0 Å². The molecule has 0 atom stereocenters. The molecule has 2 fully saturated rings. The number of aromatic nitrogens is 1. The van der Waals surface area contributed by atoms with Crippen LogP contribution in [0.3, 0.4) is 0 Å². The van der Waals surface area contributed by atoms with Gasteiger partial charge in [-0.3, -0.25) is 0 Å². The molecule has 0 aliphatic carbocycles. The van der Waals surface area contributed by atoms with Gasteiger partial charge in [0.2, 0.25) is 0 Å². The van der Waals surface area contributed by atoms with Gasteiger partial charge in [0.1, 0.15) is 6.54 Å². The molecule has 0 saturated carbocycles. The Morgan fingerprint density at radius 1 is 0.978 bits per heavy atom. The first-order valence-corrected chi connectivity index (χ1v) is 14.9. The molecule has 244 valence electrons. The van der Waals surface area contributed by atoms with Crippen LogP contribution in [0.5, 0.6) is 11.5 Å². The van der Waals surface area contributed by atoms with E-state index in [1.54, 1.807) is 0 Å². The van der Waals surface area contributed by atoms with E-state index in [4.69, 9.17) is 19.2 Å². The maximum atomic E-state index is 13.9. The molecule has 2 aliphatic rings. The highest BCUT2D eigenvalue weighted by Crippen LogP contribution is 2.42. The minimum atomic E-state index is -4.64. The van der Waals surface area contributed by atoms with Crippen molar-refractivity contribution in [1.82, 2.24) is 10.3 Å². The number of halogens is 6. The number of carbonyl (C=O) groups is 1. The Kier molecular flexibility index (Phi) is 9.50. The first kappa shape index (κ1) is 32.8. The van der Waals surface area contributed by atoms with Crippen LogP contribution in [0.1, 0.15) is 53.6 Å². The number of ether oxygens (including phenoxy) is 3. The number of nitrogens with zero attached hydrogens (tertiary/aromatic N) is 2. The Morgan fingerprint density at radius 2 is 1.69 bits per heavy atom. The number of quaternary nitrogens is 1. The van der Waals surface area contributed by atoms with E-state index in [-0.39, 0.29) is 45.3 Å². The van der Waals surface area contributed by atoms with Crippen LogP contribution in [0.15, 0.2) is 36.4 Å². The van der Waals surface area contributed by atoms with E-state index < -0.39 is 30.5 Å². The summed E-state index contributed by atoms with van der Waals surface area (Å²) in [5.74, 6) is -1.07. The van der Waals surface area contributed by atoms with Crippen molar-refractivity contribution >= 4 is 16.9 Å². The lowest BCUT2D eigenvalue weighted by atomic mass is 9.90. The lowest BCUT2D eigenvalue weighted by Gasteiger charge is -2.49. The fourth-order valence-electron chi connectivity index (χ4n) is 6.78. The number of alkyl halides is 6. The lowest BCUT2D eigenvalue weighted by molar-refractivity contribution is -0.968. The van der Waals surface area contributed by atoms with Crippen molar-refractivity contribution in [3.8, 4) is 22.8 Å². The third kappa shape index (κ3) is 7.14. The number of piperidine rings is 2. The maximum absolute atomic E-state index is 13.9. The Balaban J connectivity index is 1.80. The first-order chi connectivity index (χ1) is 21.3. The SMILES string of the molecule is COC(=O)c1c(C[N+]2(C3CCNCC3)CCCCC2)c(-c2cccc(C(F)(F)F)c2)nc2cc(OCC(F)(F)F)c(OC)cc12. The van der Waals surface area contributed by atoms with Gasteiger partial charge in [-0.25, -0.2) is 9.78 Å². The zero-order valence-electron chi connectivity index (χ0n) is 25.1. The van der Waals surface area contributed by atoms with Crippen molar-refractivity contribution in [1.29, 1.82) is 0 Å². The number of rotatable bonds is 8. The molecule has 2 aliphatic heterocycles. The summed E-state index contributed by atoms with van der Waals surface area (Å²) >= 11 is 0. The predicted octanol–water partition coefficient (Wildman–Crippen LogP) is 6.91. The fraction of sp³-hybridized carbons (Fsp3) is 0.500. The summed E-state index contributed by atoms with van der Waals surface area (Å²) in [5, 5.41) is 3.63. The number of fused-ring (bicyclic) bond motifs is 1. The van der Waals surface area contributed by atoms with E-state index in [9.17, 15) is 31.1 Å². The third-order valence-corrected chi connectivity index (χ3v) is 8.88. The van der Waals surface area contributed by atoms with E-state index in [0.717, 1.165) is 70.4 Å². The molecule has 1 N–H and O–H groups in total. The number of carbonyl (C=O) groups excluding carboxylic acids is 1. The van der Waals surface area contributed by atoms with Gasteiger partial charge >= 0.3 is 18.3 Å². The quantitative estimate of drug-likeness (QED) is 0.164. The zero-order chi connectivity index (χ0) is 32.4. The van der Waals surface area contributed by atoms with Crippen molar-refractivity contribution in [3.63, 3.8) is 0 Å². The molecule has 45 heavy (non-hydrogen) atoms. The van der Waals surface area contributed by atoms with E-state index >= 15 is 0 Å². The molecule has 5 rings (SSSR count). The van der Waals surface area contributed by atoms with Crippen molar-refractivity contribution in [3.05, 3.63) is 53.1 Å². The number of hydrogen-bond donors (Lipinski definition) is 1. The Bertz CT molecular complexity index is 1530. The Labute approximate surface area is 257 Å². The molecule has 2 saturated heterocycles. The van der Waals surface area contributed by atoms with Crippen LogP contribution in [0.2, 0.25) is 0 Å². The second kappa shape index (κ2) is 13.0. The summed E-state index contributed by atoms with van der Waals surface area (Å²) in [6.07, 6.45) is -4.49. The molecule has 0 bridgehead atoms. The van der Waals surface area contributed by atoms with Crippen LogP contribution in [0.25, 0.3) is 22.2 Å². The average Bonchev–Trinajstić information content (AvgIpc) is 3.03. The van der Waals surface area contributed by atoms with Gasteiger partial charge in [-0.2, -0.15) is 26.3 Å². The number of likely N-dealkylation sites (tertiary alicyclic amines) is 1. The highest BCUT2D eigenvalue weighted by Gasteiger charge is 2.41. The second-order valence-corrected chi connectivity index (χ2v) is 11.7. The molecule has 0 amide bonds. The zero-order valence-corrected chi connectivity index (χ0v) is 25.1. The normalized spacial score (nSPS) is 17.7. The minimum absolute atomic E-state index is 0.0524. The summed E-state index contributed by atoms with van der Waals surface area (Å²) in [5.41, 5.74) is -0.0557. The van der Waals surface area contributed by atoms with E-state index in [1.165, 1.54) is 38.5 Å². The largest absolute Gasteiger partial charge is 0.493 e. The monoisotopic (exact) mass is 640 g/mol. The van der Waals surface area contributed by atoms with Crippen LogP contribution in [0.4, 0.5) is 26.3 Å². The highest BCUT2D eigenvalue weighted by atomic mass is 19.4. The summed E-state index contributed by atoms with van der Waals surface area (Å²) in [7, 11) is 2.47. The molecule has 3 heterocycles. The first-order valence-electron chi connectivity index (χ1n) is 14.9. The van der Waals surface area contributed by atoms with Gasteiger partial charge in [-0.15, -0.1) is 0 Å². The molecule has 7 nitrogen and oxygen atoms in total. The van der Waals surface area contributed by atoms with Gasteiger partial charge < -0.3 is 24.0 Å². The van der Waals surface area contributed by atoms with E-state index in [1.807, 2.05) is 0 Å². The summed E-state index contributed by atoms with van der Waals surface area (Å²) in [4.78, 5) is 18.4. The van der Waals surface area contributed by atoms with Crippen LogP contribution in [-0.2, 0) is 17.5 Å². The number of benzene rings is 2. The van der Waals surface area contributed by atoms with E-state index in [2.05, 4.69) is 5.32 Å². The standard InChI is InChI=1S/C32H36F6N3O4/c1-43-26-16-23-25(17-27(26)45-19-31(33,34)35)40-29(20-7-6-8-21(15-20)32(36,37)38)24(28(23)30(42)44-2)18-41(13-4-3-5-14-41)22-9-11-39-12-10-22/h6-8,15-17,22,39H,3-5,9-14,18-19H2,1-2H3/q+1. The van der Waals surface area contributed by atoms with Gasteiger partial charge in [0.15, 0.2) is 18.1 Å². The number of methoxy groups -OCH3 is 2. The average molecular weight is 641 g/mol. The summed E-state index contributed by atoms with van der Waals surface area (Å²) < 4.78 is 97.0. The Hall–Kier alpha value is -3.58.